The van der Waals surface area contributed by atoms with Gasteiger partial charge in [-0.05, 0) is 43.9 Å². The second-order valence-corrected chi connectivity index (χ2v) is 10.6. The molecule has 0 fully saturated rings. The lowest BCUT2D eigenvalue weighted by atomic mass is 10.1. The van der Waals surface area contributed by atoms with Crippen molar-refractivity contribution in [2.45, 2.75) is 51.2 Å². The van der Waals surface area contributed by atoms with Gasteiger partial charge in [0.2, 0.25) is 6.41 Å². The van der Waals surface area contributed by atoms with Crippen LogP contribution < -0.4 is 15.5 Å². The number of carboxylic acids is 1. The number of amides is 1. The summed E-state index contributed by atoms with van der Waals surface area (Å²) < 4.78 is -0.845. The maximum absolute atomic E-state index is 11.4. The van der Waals surface area contributed by atoms with Crippen molar-refractivity contribution in [1.29, 1.82) is 0 Å². The summed E-state index contributed by atoms with van der Waals surface area (Å²) in [5, 5.41) is 15.0. The molecule has 182 valence electrons. The number of nitrogens with zero attached hydrogens (tertiary/aromatic N) is 3. The Hall–Kier alpha value is -2.81. The van der Waals surface area contributed by atoms with Gasteiger partial charge in [0.15, 0.2) is 0 Å². The van der Waals surface area contributed by atoms with E-state index in [1.165, 1.54) is 36.2 Å². The highest BCUT2D eigenvalue weighted by Gasteiger charge is 2.28. The number of carboxylic acid groups (broad SMARTS) is 1. The molecule has 2 rings (SSSR count). The van der Waals surface area contributed by atoms with E-state index in [9.17, 15) is 14.7 Å². The summed E-state index contributed by atoms with van der Waals surface area (Å²) in [7, 11) is 1.92. The number of aromatic nitrogens is 2. The van der Waals surface area contributed by atoms with Crippen molar-refractivity contribution in [2.75, 3.05) is 35.7 Å². The lowest BCUT2D eigenvalue weighted by molar-refractivity contribution is -0.138. The summed E-state index contributed by atoms with van der Waals surface area (Å²) in [6, 6.07) is 6.19. The molecule has 1 aromatic carbocycles. The molecule has 3 N–H and O–H groups in total. The second-order valence-electron chi connectivity index (χ2n) is 8.93. The van der Waals surface area contributed by atoms with Crippen LogP contribution in [-0.2, 0) is 9.59 Å². The smallest absolute Gasteiger partial charge is 0.319 e. The van der Waals surface area contributed by atoms with Gasteiger partial charge in [-0.1, -0.05) is 27.7 Å². The van der Waals surface area contributed by atoms with E-state index in [4.69, 9.17) is 0 Å². The fraction of sp³-hybridized carbons (Fsp3) is 0.500. The predicted molar refractivity (Wildman–Crippen MR) is 137 cm³/mol. The van der Waals surface area contributed by atoms with E-state index >= 15 is 0 Å². The van der Waals surface area contributed by atoms with Crippen molar-refractivity contribution in [2.24, 2.45) is 11.8 Å². The summed E-state index contributed by atoms with van der Waals surface area (Å²) in [4.78, 5) is 31.9. The molecule has 0 aliphatic heterocycles. The minimum atomic E-state index is -0.845. The van der Waals surface area contributed by atoms with E-state index < -0.39 is 10.7 Å². The van der Waals surface area contributed by atoms with Gasteiger partial charge >= 0.3 is 5.97 Å². The molecule has 0 radical (unpaired) electrons. The van der Waals surface area contributed by atoms with E-state index in [-0.39, 0.29) is 0 Å². The summed E-state index contributed by atoms with van der Waals surface area (Å²) in [6.45, 7) is 14.4. The Kier molecular flexibility index (Phi) is 11.7. The summed E-state index contributed by atoms with van der Waals surface area (Å²) in [6.07, 6.45) is 5.01. The summed E-state index contributed by atoms with van der Waals surface area (Å²) in [5.41, 5.74) is 2.83. The maximum atomic E-state index is 11.4. The Bertz CT molecular complexity index is 866. The van der Waals surface area contributed by atoms with Gasteiger partial charge in [0.05, 0.1) is 29.5 Å². The third kappa shape index (κ3) is 10.1. The Balaban J connectivity index is 0.000000502. The number of anilines is 3. The summed E-state index contributed by atoms with van der Waals surface area (Å²) in [5.74, 6) is 0.353. The van der Waals surface area contributed by atoms with Crippen LogP contribution in [0.25, 0.3) is 0 Å². The molecule has 0 atom stereocenters. The van der Waals surface area contributed by atoms with Gasteiger partial charge < -0.3 is 20.6 Å². The Morgan fingerprint density at radius 3 is 2.18 bits per heavy atom. The highest BCUT2D eigenvalue weighted by Crippen LogP contribution is 2.37. The van der Waals surface area contributed by atoms with Gasteiger partial charge in [-0.2, -0.15) is 0 Å². The molecule has 1 aromatic heterocycles. The van der Waals surface area contributed by atoms with Crippen LogP contribution in [-0.4, -0.2) is 52.3 Å². The molecular formula is C24H37N5O3S. The van der Waals surface area contributed by atoms with Crippen LogP contribution in [0.5, 0.6) is 0 Å². The Morgan fingerprint density at radius 2 is 1.73 bits per heavy atom. The van der Waals surface area contributed by atoms with Crippen LogP contribution in [0, 0.1) is 11.8 Å². The minimum absolute atomic E-state index is 0.577. The molecular weight excluding hydrogens is 438 g/mol. The molecule has 0 unspecified atom stereocenters. The number of thioether (sulfide) groups is 1. The SMILES string of the molecule is CNc1cc(SC(C)(C)C(=O)O)ccc1N(CC(C)C)CC(C)C.O=CNc1cncnc1. The van der Waals surface area contributed by atoms with E-state index in [1.54, 1.807) is 13.8 Å². The zero-order valence-corrected chi connectivity index (χ0v) is 21.4. The minimum Gasteiger partial charge on any atom is -0.480 e. The third-order valence-corrected chi connectivity index (χ3v) is 5.60. The molecule has 33 heavy (non-hydrogen) atoms. The normalized spacial score (nSPS) is 10.9. The quantitative estimate of drug-likeness (QED) is 0.313. The van der Waals surface area contributed by atoms with E-state index in [0.29, 0.717) is 23.9 Å². The van der Waals surface area contributed by atoms with Crippen molar-refractivity contribution >= 4 is 41.2 Å². The lowest BCUT2D eigenvalue weighted by Gasteiger charge is -2.31. The van der Waals surface area contributed by atoms with Gasteiger partial charge in [-0.25, -0.2) is 9.97 Å². The van der Waals surface area contributed by atoms with Crippen molar-refractivity contribution in [1.82, 2.24) is 9.97 Å². The van der Waals surface area contributed by atoms with Gasteiger partial charge in [0.25, 0.3) is 0 Å². The van der Waals surface area contributed by atoms with E-state index in [2.05, 4.69) is 65.3 Å². The zero-order chi connectivity index (χ0) is 25.0. The molecule has 0 aliphatic rings. The molecule has 9 heteroatoms. The first-order chi connectivity index (χ1) is 15.5. The molecule has 8 nitrogen and oxygen atoms in total. The maximum Gasteiger partial charge on any atom is 0.319 e. The van der Waals surface area contributed by atoms with E-state index in [1.807, 2.05) is 13.1 Å². The van der Waals surface area contributed by atoms with Crippen LogP contribution in [0.3, 0.4) is 0 Å². The molecule has 0 spiro atoms. The van der Waals surface area contributed by atoms with Gasteiger partial charge in [-0.3, -0.25) is 9.59 Å². The summed E-state index contributed by atoms with van der Waals surface area (Å²) >= 11 is 1.37. The largest absolute Gasteiger partial charge is 0.480 e. The van der Waals surface area contributed by atoms with Crippen LogP contribution in [0.2, 0.25) is 0 Å². The van der Waals surface area contributed by atoms with Crippen LogP contribution in [0.1, 0.15) is 41.5 Å². The fourth-order valence-electron chi connectivity index (χ4n) is 2.99. The topological polar surface area (TPSA) is 107 Å². The average Bonchev–Trinajstić information content (AvgIpc) is 2.73. The number of hydrogen-bond acceptors (Lipinski definition) is 7. The predicted octanol–water partition coefficient (Wildman–Crippen LogP) is 4.85. The highest BCUT2D eigenvalue weighted by molar-refractivity contribution is 8.01. The first-order valence-corrected chi connectivity index (χ1v) is 11.8. The third-order valence-electron chi connectivity index (χ3n) is 4.42. The number of benzene rings is 1. The zero-order valence-electron chi connectivity index (χ0n) is 20.6. The second kappa shape index (κ2) is 13.7. The molecule has 2 aromatic rings. The van der Waals surface area contributed by atoms with Crippen molar-refractivity contribution in [3.63, 3.8) is 0 Å². The number of rotatable bonds is 11. The first kappa shape index (κ1) is 28.2. The molecule has 0 saturated carbocycles. The van der Waals surface area contributed by atoms with Crippen LogP contribution in [0.15, 0.2) is 41.8 Å². The number of nitrogens with one attached hydrogen (secondary N) is 2. The lowest BCUT2D eigenvalue weighted by Crippen LogP contribution is -2.32. The first-order valence-electron chi connectivity index (χ1n) is 10.9. The van der Waals surface area contributed by atoms with Gasteiger partial charge in [-0.15, -0.1) is 11.8 Å². The number of carbonyl (C=O) groups excluding carboxylic acids is 1. The van der Waals surface area contributed by atoms with Crippen LogP contribution >= 0.6 is 11.8 Å². The van der Waals surface area contributed by atoms with Gasteiger partial charge in [0, 0.05) is 25.0 Å². The molecule has 0 aliphatic carbocycles. The highest BCUT2D eigenvalue weighted by atomic mass is 32.2. The number of carbonyl (C=O) groups is 2. The molecule has 0 saturated heterocycles. The average molecular weight is 476 g/mol. The van der Waals surface area contributed by atoms with Crippen molar-refractivity contribution in [3.8, 4) is 0 Å². The van der Waals surface area contributed by atoms with Crippen molar-refractivity contribution in [3.05, 3.63) is 36.9 Å². The fourth-order valence-corrected chi connectivity index (χ4v) is 3.98. The Labute approximate surface area is 201 Å². The number of aliphatic carboxylic acids is 1. The van der Waals surface area contributed by atoms with Crippen molar-refractivity contribution < 1.29 is 14.7 Å². The Morgan fingerprint density at radius 1 is 1.15 bits per heavy atom. The molecule has 1 heterocycles. The monoisotopic (exact) mass is 475 g/mol. The molecule has 1 amide bonds. The van der Waals surface area contributed by atoms with Gasteiger partial charge in [0.1, 0.15) is 11.1 Å². The molecule has 0 bridgehead atoms. The number of hydrogen-bond donors (Lipinski definition) is 3. The standard InChI is InChI=1S/C19H32N2O2S.C5H5N3O/c1-13(2)11-21(12-14(3)4)17-9-8-15(10-16(17)20-7)24-19(5,6)18(22)23;9-4-8-5-1-6-3-7-2-5/h8-10,13-14,20H,11-12H2,1-7H3,(H,22,23);1-4H,(H,8,9). The van der Waals surface area contributed by atoms with Crippen LogP contribution in [0.4, 0.5) is 17.1 Å². The van der Waals surface area contributed by atoms with E-state index in [0.717, 1.165) is 23.7 Å².